The SMILES string of the molecule is O=S(=O)(NCc1nccnc1-c1ccco1)c1ccc(Cl)c(C(F)(F)F)c1. The molecule has 3 aromatic rings. The van der Waals surface area contributed by atoms with Crippen LogP contribution in [0, 0.1) is 0 Å². The predicted octanol–water partition coefficient (Wildman–Crippen LogP) is 3.89. The summed E-state index contributed by atoms with van der Waals surface area (Å²) in [5, 5.41) is -0.588. The minimum absolute atomic E-state index is 0.251. The third-order valence-corrected chi connectivity index (χ3v) is 5.24. The summed E-state index contributed by atoms with van der Waals surface area (Å²) in [6, 6.07) is 5.61. The summed E-state index contributed by atoms with van der Waals surface area (Å²) in [6.45, 7) is -0.295. The van der Waals surface area contributed by atoms with Crippen LogP contribution in [0.15, 0.2) is 58.3 Å². The molecule has 1 aromatic carbocycles. The van der Waals surface area contributed by atoms with Crippen LogP contribution in [0.3, 0.4) is 0 Å². The molecule has 0 aliphatic heterocycles. The first kappa shape index (κ1) is 19.3. The molecule has 0 saturated carbocycles. The number of nitrogens with one attached hydrogen (secondary N) is 1. The number of alkyl halides is 3. The Balaban J connectivity index is 1.87. The number of nitrogens with zero attached hydrogens (tertiary/aromatic N) is 2. The molecule has 0 aliphatic carbocycles. The largest absolute Gasteiger partial charge is 0.463 e. The van der Waals surface area contributed by atoms with E-state index in [1.54, 1.807) is 12.1 Å². The molecule has 2 heterocycles. The van der Waals surface area contributed by atoms with Crippen LogP contribution in [-0.4, -0.2) is 18.4 Å². The molecular formula is C16H11ClF3N3O3S. The molecule has 0 atom stereocenters. The number of rotatable bonds is 5. The first-order valence-corrected chi connectivity index (χ1v) is 9.25. The normalized spacial score (nSPS) is 12.3. The Kier molecular flexibility index (Phi) is 5.22. The van der Waals surface area contributed by atoms with E-state index < -0.39 is 31.7 Å². The molecule has 0 fully saturated rings. The van der Waals surface area contributed by atoms with Crippen molar-refractivity contribution >= 4 is 21.6 Å². The summed E-state index contributed by atoms with van der Waals surface area (Å²) in [5.41, 5.74) is -0.666. The second-order valence-corrected chi connectivity index (χ2v) is 7.47. The summed E-state index contributed by atoms with van der Waals surface area (Å²) in [5.74, 6) is 0.378. The monoisotopic (exact) mass is 417 g/mol. The number of hydrogen-bond donors (Lipinski definition) is 1. The molecule has 27 heavy (non-hydrogen) atoms. The second kappa shape index (κ2) is 7.29. The van der Waals surface area contributed by atoms with E-state index in [0.29, 0.717) is 17.5 Å². The molecule has 3 rings (SSSR count). The zero-order valence-electron chi connectivity index (χ0n) is 13.4. The van der Waals surface area contributed by atoms with E-state index in [2.05, 4.69) is 14.7 Å². The topological polar surface area (TPSA) is 85.1 Å². The van der Waals surface area contributed by atoms with Crippen molar-refractivity contribution in [3.05, 3.63) is 65.3 Å². The molecule has 2 aromatic heterocycles. The van der Waals surface area contributed by atoms with Crippen LogP contribution in [0.1, 0.15) is 11.3 Å². The van der Waals surface area contributed by atoms with Crippen molar-refractivity contribution in [2.24, 2.45) is 0 Å². The van der Waals surface area contributed by atoms with E-state index in [1.807, 2.05) is 0 Å². The van der Waals surface area contributed by atoms with Gasteiger partial charge in [0.1, 0.15) is 5.69 Å². The molecule has 0 saturated heterocycles. The lowest BCUT2D eigenvalue weighted by Gasteiger charge is -2.12. The lowest BCUT2D eigenvalue weighted by Crippen LogP contribution is -2.24. The molecule has 0 aliphatic rings. The van der Waals surface area contributed by atoms with E-state index >= 15 is 0 Å². The zero-order valence-corrected chi connectivity index (χ0v) is 14.9. The summed E-state index contributed by atoms with van der Waals surface area (Å²) >= 11 is 5.52. The van der Waals surface area contributed by atoms with Crippen molar-refractivity contribution in [3.8, 4) is 11.5 Å². The van der Waals surface area contributed by atoms with Gasteiger partial charge in [0.05, 0.1) is 34.0 Å². The summed E-state index contributed by atoms with van der Waals surface area (Å²) in [4.78, 5) is 7.58. The molecule has 11 heteroatoms. The van der Waals surface area contributed by atoms with Gasteiger partial charge in [-0.05, 0) is 30.3 Å². The van der Waals surface area contributed by atoms with E-state index in [-0.39, 0.29) is 12.2 Å². The smallest absolute Gasteiger partial charge is 0.417 e. The highest BCUT2D eigenvalue weighted by Gasteiger charge is 2.34. The van der Waals surface area contributed by atoms with Crippen molar-refractivity contribution in [2.45, 2.75) is 17.6 Å². The molecule has 0 radical (unpaired) electrons. The maximum absolute atomic E-state index is 12.9. The van der Waals surface area contributed by atoms with Crippen LogP contribution in [0.4, 0.5) is 13.2 Å². The zero-order chi connectivity index (χ0) is 19.7. The average Bonchev–Trinajstić information content (AvgIpc) is 3.14. The summed E-state index contributed by atoms with van der Waals surface area (Å²) in [7, 11) is -4.25. The molecule has 6 nitrogen and oxygen atoms in total. The molecule has 1 N–H and O–H groups in total. The highest BCUT2D eigenvalue weighted by molar-refractivity contribution is 7.89. The Morgan fingerprint density at radius 3 is 2.56 bits per heavy atom. The Hall–Kier alpha value is -2.43. The lowest BCUT2D eigenvalue weighted by atomic mass is 10.2. The van der Waals surface area contributed by atoms with Gasteiger partial charge < -0.3 is 4.42 Å². The minimum Gasteiger partial charge on any atom is -0.463 e. The van der Waals surface area contributed by atoms with E-state index in [0.717, 1.165) is 12.1 Å². The Labute approximate surface area is 157 Å². The van der Waals surface area contributed by atoms with Gasteiger partial charge in [-0.3, -0.25) is 4.98 Å². The number of aromatic nitrogens is 2. The third kappa shape index (κ3) is 4.29. The van der Waals surface area contributed by atoms with Gasteiger partial charge >= 0.3 is 6.18 Å². The molecule has 0 amide bonds. The van der Waals surface area contributed by atoms with Crippen molar-refractivity contribution in [1.29, 1.82) is 0 Å². The maximum atomic E-state index is 12.9. The molecule has 0 unspecified atom stereocenters. The van der Waals surface area contributed by atoms with Crippen LogP contribution in [0.5, 0.6) is 0 Å². The maximum Gasteiger partial charge on any atom is 0.417 e. The fraction of sp³-hybridized carbons (Fsp3) is 0.125. The summed E-state index contributed by atoms with van der Waals surface area (Å²) < 4.78 is 71.1. The average molecular weight is 418 g/mol. The number of furan rings is 1. The van der Waals surface area contributed by atoms with E-state index in [9.17, 15) is 21.6 Å². The van der Waals surface area contributed by atoms with Gasteiger partial charge in [0, 0.05) is 12.4 Å². The van der Waals surface area contributed by atoms with Gasteiger partial charge in [0.15, 0.2) is 5.76 Å². The number of sulfonamides is 1. The molecular weight excluding hydrogens is 407 g/mol. The van der Waals surface area contributed by atoms with Crippen molar-refractivity contribution < 1.29 is 26.0 Å². The van der Waals surface area contributed by atoms with Crippen molar-refractivity contribution in [3.63, 3.8) is 0 Å². The molecule has 0 bridgehead atoms. The van der Waals surface area contributed by atoms with Gasteiger partial charge in [0.25, 0.3) is 0 Å². The molecule has 142 valence electrons. The minimum atomic E-state index is -4.78. The van der Waals surface area contributed by atoms with Gasteiger partial charge in [-0.2, -0.15) is 13.2 Å². The van der Waals surface area contributed by atoms with E-state index in [4.69, 9.17) is 16.0 Å². The third-order valence-electron chi connectivity index (χ3n) is 3.51. The van der Waals surface area contributed by atoms with Crippen LogP contribution in [0.25, 0.3) is 11.5 Å². The van der Waals surface area contributed by atoms with Gasteiger partial charge in [-0.15, -0.1) is 0 Å². The van der Waals surface area contributed by atoms with Crippen LogP contribution in [0.2, 0.25) is 5.02 Å². The Bertz CT molecular complexity index is 1050. The predicted molar refractivity (Wildman–Crippen MR) is 90.2 cm³/mol. The number of halogens is 4. The van der Waals surface area contributed by atoms with Crippen molar-refractivity contribution in [1.82, 2.24) is 14.7 Å². The lowest BCUT2D eigenvalue weighted by molar-refractivity contribution is -0.137. The summed E-state index contributed by atoms with van der Waals surface area (Å²) in [6.07, 6.45) is -0.588. The highest BCUT2D eigenvalue weighted by atomic mass is 35.5. The number of hydrogen-bond acceptors (Lipinski definition) is 5. The van der Waals surface area contributed by atoms with Gasteiger partial charge in [-0.25, -0.2) is 18.1 Å². The van der Waals surface area contributed by atoms with Crippen LogP contribution < -0.4 is 4.72 Å². The first-order chi connectivity index (χ1) is 12.7. The first-order valence-electron chi connectivity index (χ1n) is 7.38. The van der Waals surface area contributed by atoms with E-state index in [1.165, 1.54) is 18.7 Å². The van der Waals surface area contributed by atoms with Gasteiger partial charge in [0.2, 0.25) is 10.0 Å². The van der Waals surface area contributed by atoms with Crippen LogP contribution in [-0.2, 0) is 22.7 Å². The van der Waals surface area contributed by atoms with Gasteiger partial charge in [-0.1, -0.05) is 11.6 Å². The highest BCUT2D eigenvalue weighted by Crippen LogP contribution is 2.35. The second-order valence-electron chi connectivity index (χ2n) is 5.29. The van der Waals surface area contributed by atoms with Crippen molar-refractivity contribution in [2.75, 3.05) is 0 Å². The fourth-order valence-electron chi connectivity index (χ4n) is 2.25. The fourth-order valence-corrected chi connectivity index (χ4v) is 3.49. The Morgan fingerprint density at radius 1 is 1.15 bits per heavy atom. The quantitative estimate of drug-likeness (QED) is 0.680. The van der Waals surface area contributed by atoms with Crippen LogP contribution >= 0.6 is 11.6 Å². The number of benzene rings is 1. The molecule has 0 spiro atoms. The standard InChI is InChI=1S/C16H11ClF3N3O3S/c17-12-4-3-10(8-11(12)16(18,19)20)27(24,25)23-9-13-15(22-6-5-21-13)14-2-1-7-26-14/h1-8,23H,9H2. The Morgan fingerprint density at radius 2 is 1.89 bits per heavy atom.